The van der Waals surface area contributed by atoms with Crippen LogP contribution in [-0.2, 0) is 5.41 Å². The second-order valence-corrected chi connectivity index (χ2v) is 6.89. The van der Waals surface area contributed by atoms with Crippen LogP contribution in [0.1, 0.15) is 35.7 Å². The van der Waals surface area contributed by atoms with Crippen LogP contribution in [0.15, 0.2) is 65.7 Å². The molecule has 0 radical (unpaired) electrons. The second kappa shape index (κ2) is 11.0. The highest BCUT2D eigenvalue weighted by atomic mass is 127. The Balaban J connectivity index is 0.00000280. The molecule has 1 fully saturated rings. The molecule has 1 aliphatic carbocycles. The highest BCUT2D eigenvalue weighted by Gasteiger charge is 2.43. The van der Waals surface area contributed by atoms with Crippen LogP contribution in [0, 0.1) is 0 Å². The number of hydrogen-bond acceptors (Lipinski definition) is 2. The van der Waals surface area contributed by atoms with Crippen molar-refractivity contribution in [2.45, 2.75) is 25.2 Å². The van der Waals surface area contributed by atoms with E-state index in [-0.39, 0.29) is 35.3 Å². The highest BCUT2D eigenvalue weighted by molar-refractivity contribution is 14.0. The normalized spacial score (nSPS) is 14.5. The standard InChI is InChI=1S/C22H28N4O.HI/c1-2-23-21(25-16-15-24-20(27)18-9-5-3-6-10-18)26-17-22(13-14-22)19-11-7-4-8-12-19;/h3-12H,2,13-17H2,1H3,(H,24,27)(H2,23,25,26);1H. The molecule has 0 bridgehead atoms. The molecule has 1 amide bonds. The van der Waals surface area contributed by atoms with Crippen LogP contribution >= 0.6 is 24.0 Å². The number of hydrogen-bond donors (Lipinski definition) is 3. The molecule has 3 N–H and O–H groups in total. The summed E-state index contributed by atoms with van der Waals surface area (Å²) in [5.74, 6) is 0.744. The summed E-state index contributed by atoms with van der Waals surface area (Å²) in [6, 6.07) is 19.9. The number of nitrogens with one attached hydrogen (secondary N) is 3. The van der Waals surface area contributed by atoms with E-state index in [1.165, 1.54) is 18.4 Å². The van der Waals surface area contributed by atoms with Gasteiger partial charge in [0.2, 0.25) is 0 Å². The van der Waals surface area contributed by atoms with Crippen molar-refractivity contribution in [3.8, 4) is 0 Å². The van der Waals surface area contributed by atoms with Gasteiger partial charge in [-0.1, -0.05) is 48.5 Å². The van der Waals surface area contributed by atoms with Gasteiger partial charge in [-0.05, 0) is 37.5 Å². The number of aliphatic imine (C=N–C) groups is 1. The fourth-order valence-electron chi connectivity index (χ4n) is 3.10. The molecular weight excluding hydrogens is 463 g/mol. The summed E-state index contributed by atoms with van der Waals surface area (Å²) in [6.07, 6.45) is 2.38. The lowest BCUT2D eigenvalue weighted by molar-refractivity contribution is 0.0954. The molecule has 0 atom stereocenters. The number of nitrogens with zero attached hydrogens (tertiary/aromatic N) is 1. The Kier molecular flexibility index (Phi) is 8.76. The zero-order valence-corrected chi connectivity index (χ0v) is 18.6. The molecule has 5 nitrogen and oxygen atoms in total. The molecule has 0 saturated heterocycles. The number of guanidine groups is 1. The molecule has 1 aliphatic rings. The smallest absolute Gasteiger partial charge is 0.251 e. The summed E-state index contributed by atoms with van der Waals surface area (Å²) < 4.78 is 0. The number of carbonyl (C=O) groups excluding carboxylic acids is 1. The van der Waals surface area contributed by atoms with Crippen LogP contribution in [0.25, 0.3) is 0 Å². The van der Waals surface area contributed by atoms with Crippen molar-refractivity contribution < 1.29 is 4.79 Å². The van der Waals surface area contributed by atoms with Gasteiger partial charge in [0, 0.05) is 30.6 Å². The topological polar surface area (TPSA) is 65.5 Å². The van der Waals surface area contributed by atoms with Gasteiger partial charge in [0.1, 0.15) is 0 Å². The lowest BCUT2D eigenvalue weighted by Gasteiger charge is -2.16. The minimum absolute atomic E-state index is 0. The van der Waals surface area contributed by atoms with Crippen LogP contribution < -0.4 is 16.0 Å². The molecular formula is C22H29IN4O. The SMILES string of the molecule is CCNC(=NCC1(c2ccccc2)CC1)NCCNC(=O)c1ccccc1.I. The maximum atomic E-state index is 12.1. The summed E-state index contributed by atoms with van der Waals surface area (Å²) in [7, 11) is 0. The first kappa shape index (κ1) is 22.2. The molecule has 6 heteroatoms. The van der Waals surface area contributed by atoms with Gasteiger partial charge in [0.05, 0.1) is 6.54 Å². The molecule has 2 aromatic rings. The van der Waals surface area contributed by atoms with Gasteiger partial charge >= 0.3 is 0 Å². The van der Waals surface area contributed by atoms with E-state index in [1.807, 2.05) is 30.3 Å². The van der Waals surface area contributed by atoms with Gasteiger partial charge < -0.3 is 16.0 Å². The minimum atomic E-state index is -0.0552. The Hall–Kier alpha value is -2.09. The Labute approximate surface area is 184 Å². The van der Waals surface area contributed by atoms with Gasteiger partial charge in [-0.2, -0.15) is 0 Å². The molecule has 150 valence electrons. The van der Waals surface area contributed by atoms with Gasteiger partial charge in [-0.3, -0.25) is 9.79 Å². The zero-order chi connectivity index (χ0) is 19.0. The van der Waals surface area contributed by atoms with E-state index in [0.717, 1.165) is 19.0 Å². The van der Waals surface area contributed by atoms with Gasteiger partial charge in [-0.25, -0.2) is 0 Å². The molecule has 1 saturated carbocycles. The third-order valence-electron chi connectivity index (χ3n) is 4.86. The summed E-state index contributed by atoms with van der Waals surface area (Å²) in [5.41, 5.74) is 2.25. The van der Waals surface area contributed by atoms with E-state index in [1.54, 1.807) is 0 Å². The van der Waals surface area contributed by atoms with Crippen molar-refractivity contribution in [3.05, 3.63) is 71.8 Å². The van der Waals surface area contributed by atoms with Crippen molar-refractivity contribution in [1.29, 1.82) is 0 Å². The van der Waals surface area contributed by atoms with E-state index in [0.29, 0.717) is 18.7 Å². The first-order chi connectivity index (χ1) is 13.2. The maximum Gasteiger partial charge on any atom is 0.251 e. The molecule has 0 unspecified atom stereocenters. The fraction of sp³-hybridized carbons (Fsp3) is 0.364. The van der Waals surface area contributed by atoms with Crippen molar-refractivity contribution in [1.82, 2.24) is 16.0 Å². The van der Waals surface area contributed by atoms with Gasteiger partial charge in [-0.15, -0.1) is 24.0 Å². The first-order valence-corrected chi connectivity index (χ1v) is 9.64. The fourth-order valence-corrected chi connectivity index (χ4v) is 3.10. The Morgan fingerprint density at radius 2 is 1.54 bits per heavy atom. The number of carbonyl (C=O) groups is 1. The Morgan fingerprint density at radius 1 is 0.929 bits per heavy atom. The van der Waals surface area contributed by atoms with E-state index < -0.39 is 0 Å². The Morgan fingerprint density at radius 3 is 2.14 bits per heavy atom. The quantitative estimate of drug-likeness (QED) is 0.229. The molecule has 3 rings (SSSR count). The van der Waals surface area contributed by atoms with Crippen LogP contribution in [0.4, 0.5) is 0 Å². The average Bonchev–Trinajstić information content (AvgIpc) is 3.51. The zero-order valence-electron chi connectivity index (χ0n) is 16.3. The van der Waals surface area contributed by atoms with Crippen molar-refractivity contribution in [3.63, 3.8) is 0 Å². The average molecular weight is 492 g/mol. The molecule has 0 spiro atoms. The van der Waals surface area contributed by atoms with Crippen LogP contribution in [0.3, 0.4) is 0 Å². The van der Waals surface area contributed by atoms with Gasteiger partial charge in [0.15, 0.2) is 5.96 Å². The lowest BCUT2D eigenvalue weighted by Crippen LogP contribution is -2.42. The maximum absolute atomic E-state index is 12.1. The van der Waals surface area contributed by atoms with E-state index in [9.17, 15) is 4.79 Å². The largest absolute Gasteiger partial charge is 0.357 e. The number of benzene rings is 2. The van der Waals surface area contributed by atoms with Gasteiger partial charge in [0.25, 0.3) is 5.91 Å². The minimum Gasteiger partial charge on any atom is -0.357 e. The van der Waals surface area contributed by atoms with Crippen LogP contribution in [-0.4, -0.2) is 38.0 Å². The lowest BCUT2D eigenvalue weighted by atomic mass is 9.96. The Bertz CT molecular complexity index is 761. The third-order valence-corrected chi connectivity index (χ3v) is 4.86. The predicted molar refractivity (Wildman–Crippen MR) is 126 cm³/mol. The molecule has 0 aliphatic heterocycles. The van der Waals surface area contributed by atoms with Crippen molar-refractivity contribution in [2.75, 3.05) is 26.2 Å². The first-order valence-electron chi connectivity index (χ1n) is 9.64. The van der Waals surface area contributed by atoms with Crippen molar-refractivity contribution >= 4 is 35.8 Å². The van der Waals surface area contributed by atoms with E-state index in [2.05, 4.69) is 53.2 Å². The van der Waals surface area contributed by atoms with Crippen LogP contribution in [0.2, 0.25) is 0 Å². The summed E-state index contributed by atoms with van der Waals surface area (Å²) in [6.45, 7) is 4.81. The summed E-state index contributed by atoms with van der Waals surface area (Å²) in [5, 5.41) is 9.51. The molecule has 0 heterocycles. The number of halogens is 1. The molecule has 28 heavy (non-hydrogen) atoms. The van der Waals surface area contributed by atoms with E-state index in [4.69, 9.17) is 4.99 Å². The predicted octanol–water partition coefficient (Wildman–Crippen LogP) is 3.32. The monoisotopic (exact) mass is 492 g/mol. The third kappa shape index (κ3) is 6.22. The van der Waals surface area contributed by atoms with Crippen LogP contribution in [0.5, 0.6) is 0 Å². The molecule has 2 aromatic carbocycles. The summed E-state index contributed by atoms with van der Waals surface area (Å²) in [4.78, 5) is 16.8. The summed E-state index contributed by atoms with van der Waals surface area (Å²) >= 11 is 0. The second-order valence-electron chi connectivity index (χ2n) is 6.89. The van der Waals surface area contributed by atoms with Crippen molar-refractivity contribution in [2.24, 2.45) is 4.99 Å². The number of amides is 1. The highest BCUT2D eigenvalue weighted by Crippen LogP contribution is 2.48. The molecule has 0 aromatic heterocycles. The van der Waals surface area contributed by atoms with E-state index >= 15 is 0 Å². The number of rotatable bonds is 8.